The van der Waals surface area contributed by atoms with Gasteiger partial charge in [0.2, 0.25) is 0 Å². The van der Waals surface area contributed by atoms with Crippen LogP contribution in [0.5, 0.6) is 0 Å². The van der Waals surface area contributed by atoms with Gasteiger partial charge in [-0.15, -0.1) is 11.3 Å². The maximum atomic E-state index is 2.55. The lowest BCUT2D eigenvalue weighted by Crippen LogP contribution is -2.28. The minimum atomic E-state index is -0.466. The van der Waals surface area contributed by atoms with Gasteiger partial charge in [0.25, 0.3) is 0 Å². The van der Waals surface area contributed by atoms with Crippen molar-refractivity contribution < 1.29 is 0 Å². The molecule has 0 spiro atoms. The topological polar surface area (TPSA) is 3.24 Å². The average molecular weight is 784 g/mol. The van der Waals surface area contributed by atoms with E-state index in [0.29, 0.717) is 0 Å². The number of anilines is 3. The number of hydrogen-bond donors (Lipinski definition) is 0. The highest BCUT2D eigenvalue weighted by Gasteiger charge is 2.46. The Kier molecular flexibility index (Phi) is 7.73. The van der Waals surface area contributed by atoms with E-state index in [1.54, 1.807) is 0 Å². The number of para-hydroxylation sites is 1. The highest BCUT2D eigenvalue weighted by atomic mass is 32.1. The van der Waals surface area contributed by atoms with E-state index >= 15 is 0 Å². The Balaban J connectivity index is 1.15. The Hall–Kier alpha value is -7.00. The van der Waals surface area contributed by atoms with Crippen molar-refractivity contribution in [3.05, 3.63) is 246 Å². The van der Waals surface area contributed by atoms with Crippen molar-refractivity contribution in [3.8, 4) is 33.4 Å². The van der Waals surface area contributed by atoms with Gasteiger partial charge in [-0.1, -0.05) is 196 Å². The molecule has 0 bridgehead atoms. The van der Waals surface area contributed by atoms with Crippen LogP contribution in [0.15, 0.2) is 212 Å². The number of hydrogen-bond acceptors (Lipinski definition) is 2. The van der Waals surface area contributed by atoms with Crippen molar-refractivity contribution in [3.63, 3.8) is 0 Å². The first-order chi connectivity index (χ1) is 29.5. The molecule has 1 nitrogen and oxygen atoms in total. The van der Waals surface area contributed by atoms with Crippen LogP contribution in [0.25, 0.3) is 53.6 Å². The summed E-state index contributed by atoms with van der Waals surface area (Å²) < 4.78 is 2.58. The first-order valence-electron chi connectivity index (χ1n) is 20.9. The average Bonchev–Trinajstić information content (AvgIpc) is 3.92. The van der Waals surface area contributed by atoms with Crippen molar-refractivity contribution in [2.24, 2.45) is 0 Å². The van der Waals surface area contributed by atoms with Crippen LogP contribution in [0.3, 0.4) is 0 Å². The second kappa shape index (κ2) is 13.3. The van der Waals surface area contributed by atoms with Gasteiger partial charge in [0.05, 0.1) is 21.5 Å². The van der Waals surface area contributed by atoms with Gasteiger partial charge in [-0.25, -0.2) is 0 Å². The van der Waals surface area contributed by atoms with Crippen molar-refractivity contribution in [1.29, 1.82) is 0 Å². The van der Waals surface area contributed by atoms with Crippen LogP contribution in [-0.4, -0.2) is 0 Å². The molecular weight excluding hydrogens is 743 g/mol. The predicted octanol–water partition coefficient (Wildman–Crippen LogP) is 15.9. The highest BCUT2D eigenvalue weighted by Crippen LogP contribution is 2.59. The molecule has 0 amide bonds. The molecule has 0 N–H and O–H groups in total. The van der Waals surface area contributed by atoms with Gasteiger partial charge in [0.1, 0.15) is 0 Å². The van der Waals surface area contributed by atoms with E-state index in [1.807, 2.05) is 11.3 Å². The molecule has 9 aromatic carbocycles. The largest absolute Gasteiger partial charge is 0.308 e. The highest BCUT2D eigenvalue weighted by molar-refractivity contribution is 7.26. The van der Waals surface area contributed by atoms with E-state index < -0.39 is 5.41 Å². The maximum absolute atomic E-state index is 2.55. The number of rotatable bonds is 6. The molecule has 12 rings (SSSR count). The monoisotopic (exact) mass is 783 g/mol. The molecule has 10 aromatic rings. The minimum Gasteiger partial charge on any atom is -0.308 e. The normalized spacial score (nSPS) is 14.1. The van der Waals surface area contributed by atoms with Gasteiger partial charge < -0.3 is 4.90 Å². The van der Waals surface area contributed by atoms with E-state index in [0.717, 1.165) is 11.4 Å². The summed E-state index contributed by atoms with van der Waals surface area (Å²) in [6.07, 6.45) is 0. The molecule has 0 saturated carbocycles. The third kappa shape index (κ3) is 4.86. The summed E-state index contributed by atoms with van der Waals surface area (Å²) >= 11 is 1.88. The lowest BCUT2D eigenvalue weighted by atomic mass is 9.68. The van der Waals surface area contributed by atoms with Gasteiger partial charge >= 0.3 is 0 Å². The standard InChI is InChI=1S/C58H41NS/c1-57(2)48-29-13-10-26-46(48)55-44(27-17-31-51(55)57)42-24-11-15-32-52(42)59(53-33-18-28-45-43-25-12-16-34-54(43)60-56(45)53)40-35-36-50-47(37-40)41-23-9-14-30-49(41)58(50,38-19-5-3-6-20-38)39-21-7-4-8-22-39/h3-37H,1-2H3. The lowest BCUT2D eigenvalue weighted by Gasteiger charge is -2.34. The zero-order valence-corrected chi connectivity index (χ0v) is 34.4. The van der Waals surface area contributed by atoms with Crippen molar-refractivity contribution in [1.82, 2.24) is 0 Å². The molecule has 284 valence electrons. The smallest absolute Gasteiger partial charge is 0.0713 e. The predicted molar refractivity (Wildman–Crippen MR) is 254 cm³/mol. The SMILES string of the molecule is CC1(C)c2ccccc2-c2c(-c3ccccc3N(c3ccc4c(c3)-c3ccccc3C4(c3ccccc3)c3ccccc3)c3cccc4c3sc3ccccc34)cccc21. The summed E-state index contributed by atoms with van der Waals surface area (Å²) in [5.41, 5.74) is 18.5. The summed E-state index contributed by atoms with van der Waals surface area (Å²) in [6, 6.07) is 79.2. The van der Waals surface area contributed by atoms with Crippen molar-refractivity contribution >= 4 is 48.6 Å². The molecule has 2 heteroatoms. The Labute approximate surface area is 355 Å². The molecule has 0 atom stereocenters. The molecule has 60 heavy (non-hydrogen) atoms. The molecule has 0 radical (unpaired) electrons. The summed E-state index contributed by atoms with van der Waals surface area (Å²) in [4.78, 5) is 2.55. The van der Waals surface area contributed by atoms with Crippen LogP contribution in [0, 0.1) is 0 Å². The molecule has 0 saturated heterocycles. The first kappa shape index (κ1) is 35.0. The van der Waals surface area contributed by atoms with Gasteiger partial charge in [0.15, 0.2) is 0 Å². The van der Waals surface area contributed by atoms with Gasteiger partial charge in [-0.2, -0.15) is 0 Å². The Bertz CT molecular complexity index is 3260. The van der Waals surface area contributed by atoms with E-state index in [1.165, 1.54) is 92.6 Å². The number of nitrogens with zero attached hydrogens (tertiary/aromatic N) is 1. The van der Waals surface area contributed by atoms with E-state index in [9.17, 15) is 0 Å². The maximum Gasteiger partial charge on any atom is 0.0713 e. The van der Waals surface area contributed by atoms with E-state index in [2.05, 4.69) is 231 Å². The molecule has 0 fully saturated rings. The quantitative estimate of drug-likeness (QED) is 0.162. The van der Waals surface area contributed by atoms with E-state index in [4.69, 9.17) is 0 Å². The summed E-state index contributed by atoms with van der Waals surface area (Å²) in [6.45, 7) is 4.74. The lowest BCUT2D eigenvalue weighted by molar-refractivity contribution is 0.660. The van der Waals surface area contributed by atoms with Crippen LogP contribution >= 0.6 is 11.3 Å². The summed E-state index contributed by atoms with van der Waals surface area (Å²) in [7, 11) is 0. The molecule has 0 unspecified atom stereocenters. The second-order valence-electron chi connectivity index (χ2n) is 16.8. The molecule has 0 aliphatic heterocycles. The van der Waals surface area contributed by atoms with Crippen LogP contribution in [-0.2, 0) is 10.8 Å². The zero-order valence-electron chi connectivity index (χ0n) is 33.6. The molecule has 2 aliphatic rings. The first-order valence-corrected chi connectivity index (χ1v) is 21.8. The summed E-state index contributed by atoms with van der Waals surface area (Å²) in [5.74, 6) is 0. The minimum absolute atomic E-state index is 0.101. The Morgan fingerprint density at radius 3 is 1.72 bits per heavy atom. The third-order valence-corrected chi connectivity index (χ3v) is 14.6. The fraction of sp³-hybridized carbons (Fsp3) is 0.0690. The molecule has 2 aliphatic carbocycles. The number of fused-ring (bicyclic) bond motifs is 9. The molecular formula is C58H41NS. The number of thiophene rings is 1. The van der Waals surface area contributed by atoms with Gasteiger partial charge in [-0.05, 0) is 91.5 Å². The van der Waals surface area contributed by atoms with Crippen LogP contribution in [0.2, 0.25) is 0 Å². The zero-order chi connectivity index (χ0) is 40.0. The van der Waals surface area contributed by atoms with Gasteiger partial charge in [-0.3, -0.25) is 0 Å². The van der Waals surface area contributed by atoms with Crippen molar-refractivity contribution in [2.45, 2.75) is 24.7 Å². The van der Waals surface area contributed by atoms with Crippen LogP contribution < -0.4 is 4.90 Å². The Morgan fingerprint density at radius 2 is 0.933 bits per heavy atom. The second-order valence-corrected chi connectivity index (χ2v) is 17.8. The summed E-state index contributed by atoms with van der Waals surface area (Å²) in [5, 5.41) is 2.58. The molecule has 1 aromatic heterocycles. The van der Waals surface area contributed by atoms with Gasteiger partial charge in [0, 0.05) is 32.1 Å². The third-order valence-electron chi connectivity index (χ3n) is 13.4. The number of benzene rings is 9. The fourth-order valence-electron chi connectivity index (χ4n) is 10.8. The van der Waals surface area contributed by atoms with Crippen LogP contribution in [0.4, 0.5) is 17.1 Å². The van der Waals surface area contributed by atoms with Crippen molar-refractivity contribution in [2.75, 3.05) is 4.90 Å². The Morgan fingerprint density at radius 1 is 0.383 bits per heavy atom. The van der Waals surface area contributed by atoms with E-state index in [-0.39, 0.29) is 5.41 Å². The van der Waals surface area contributed by atoms with Crippen LogP contribution in [0.1, 0.15) is 47.2 Å². The molecule has 1 heterocycles. The fourth-order valence-corrected chi connectivity index (χ4v) is 12.0.